The first-order chi connectivity index (χ1) is 8.54. The van der Waals surface area contributed by atoms with E-state index in [0.717, 1.165) is 25.7 Å². The van der Waals surface area contributed by atoms with Crippen molar-refractivity contribution in [1.29, 1.82) is 0 Å². The van der Waals surface area contributed by atoms with Crippen LogP contribution in [0.1, 0.15) is 32.6 Å². The zero-order valence-corrected chi connectivity index (χ0v) is 11.8. The second-order valence-electron chi connectivity index (χ2n) is 5.12. The molecule has 18 heavy (non-hydrogen) atoms. The Labute approximate surface area is 117 Å². The molecule has 1 aliphatic carbocycles. The molecular formula is C12H17Cl2N3O. The highest BCUT2D eigenvalue weighted by Crippen LogP contribution is 2.35. The van der Waals surface area contributed by atoms with Crippen molar-refractivity contribution in [1.82, 2.24) is 10.2 Å². The van der Waals surface area contributed by atoms with E-state index in [1.807, 2.05) is 0 Å². The monoisotopic (exact) mass is 289 g/mol. The van der Waals surface area contributed by atoms with Gasteiger partial charge in [0.05, 0.1) is 17.8 Å². The van der Waals surface area contributed by atoms with Crippen LogP contribution in [0, 0.1) is 5.92 Å². The van der Waals surface area contributed by atoms with Gasteiger partial charge >= 0.3 is 0 Å². The van der Waals surface area contributed by atoms with Crippen LogP contribution in [0.25, 0.3) is 0 Å². The third-order valence-electron chi connectivity index (χ3n) is 3.65. The minimum Gasteiger partial charge on any atom is -0.394 e. The number of rotatable bonds is 3. The van der Waals surface area contributed by atoms with E-state index in [0.29, 0.717) is 16.8 Å². The van der Waals surface area contributed by atoms with Crippen LogP contribution < -0.4 is 5.32 Å². The zero-order valence-electron chi connectivity index (χ0n) is 10.3. The maximum atomic E-state index is 9.67. The summed E-state index contributed by atoms with van der Waals surface area (Å²) in [6.07, 6.45) is 4.02. The molecule has 6 heteroatoms. The van der Waals surface area contributed by atoms with Gasteiger partial charge in [0.2, 0.25) is 0 Å². The Morgan fingerprint density at radius 3 is 2.67 bits per heavy atom. The van der Waals surface area contributed by atoms with Gasteiger partial charge in [-0.1, -0.05) is 30.1 Å². The quantitative estimate of drug-likeness (QED) is 0.898. The van der Waals surface area contributed by atoms with E-state index in [2.05, 4.69) is 22.4 Å². The van der Waals surface area contributed by atoms with Gasteiger partial charge in [-0.15, -0.1) is 10.2 Å². The lowest BCUT2D eigenvalue weighted by atomic mass is 9.77. The third kappa shape index (κ3) is 3.05. The second kappa shape index (κ2) is 5.59. The molecule has 2 N–H and O–H groups in total. The number of nitrogens with one attached hydrogen (secondary N) is 1. The summed E-state index contributed by atoms with van der Waals surface area (Å²) in [6.45, 7) is 2.31. The molecule has 1 aliphatic rings. The van der Waals surface area contributed by atoms with Crippen LogP contribution in [0.3, 0.4) is 0 Å². The van der Waals surface area contributed by atoms with Crippen molar-refractivity contribution in [3.8, 4) is 0 Å². The van der Waals surface area contributed by atoms with Gasteiger partial charge in [0.25, 0.3) is 0 Å². The highest BCUT2D eigenvalue weighted by Gasteiger charge is 2.34. The van der Waals surface area contributed by atoms with Crippen LogP contribution in [-0.4, -0.2) is 27.4 Å². The number of hydrogen-bond donors (Lipinski definition) is 2. The molecule has 1 heterocycles. The topological polar surface area (TPSA) is 58.0 Å². The molecule has 0 atom stereocenters. The summed E-state index contributed by atoms with van der Waals surface area (Å²) in [7, 11) is 0. The Bertz CT molecular complexity index is 420. The molecule has 0 aliphatic heterocycles. The number of aromatic nitrogens is 2. The lowest BCUT2D eigenvalue weighted by Gasteiger charge is -2.39. The van der Waals surface area contributed by atoms with Crippen molar-refractivity contribution in [2.45, 2.75) is 38.1 Å². The highest BCUT2D eigenvalue weighted by atomic mass is 35.5. The first kappa shape index (κ1) is 13.8. The van der Waals surface area contributed by atoms with E-state index < -0.39 is 0 Å². The van der Waals surface area contributed by atoms with Crippen LogP contribution >= 0.6 is 23.2 Å². The average molecular weight is 290 g/mol. The van der Waals surface area contributed by atoms with E-state index in [1.54, 1.807) is 6.07 Å². The summed E-state index contributed by atoms with van der Waals surface area (Å²) < 4.78 is 0. The van der Waals surface area contributed by atoms with Crippen molar-refractivity contribution < 1.29 is 5.11 Å². The van der Waals surface area contributed by atoms with Crippen LogP contribution in [0.2, 0.25) is 10.3 Å². The lowest BCUT2D eigenvalue weighted by molar-refractivity contribution is 0.155. The number of halogens is 2. The Kier molecular flexibility index (Phi) is 4.30. The minimum absolute atomic E-state index is 0.0794. The van der Waals surface area contributed by atoms with Gasteiger partial charge in [0.1, 0.15) is 0 Å². The molecule has 4 nitrogen and oxygen atoms in total. The molecule has 0 aromatic carbocycles. The lowest BCUT2D eigenvalue weighted by Crippen LogP contribution is -2.45. The second-order valence-corrected chi connectivity index (χ2v) is 5.86. The van der Waals surface area contributed by atoms with E-state index in [9.17, 15) is 5.11 Å². The Balaban J connectivity index is 2.17. The van der Waals surface area contributed by atoms with Crippen LogP contribution in [0.5, 0.6) is 0 Å². The highest BCUT2D eigenvalue weighted by molar-refractivity contribution is 6.33. The molecule has 2 rings (SSSR count). The zero-order chi connectivity index (χ0) is 13.2. The number of nitrogens with zero attached hydrogens (tertiary/aromatic N) is 2. The van der Waals surface area contributed by atoms with Crippen LogP contribution in [-0.2, 0) is 0 Å². The number of aliphatic hydroxyl groups is 1. The largest absolute Gasteiger partial charge is 0.394 e. The summed E-state index contributed by atoms with van der Waals surface area (Å²) in [5.41, 5.74) is 0.322. The van der Waals surface area contributed by atoms with Gasteiger partial charge in [-0.05, 0) is 31.6 Å². The van der Waals surface area contributed by atoms with E-state index in [4.69, 9.17) is 23.2 Å². The third-order valence-corrected chi connectivity index (χ3v) is 4.12. The van der Waals surface area contributed by atoms with Gasteiger partial charge in [0.15, 0.2) is 10.3 Å². The van der Waals surface area contributed by atoms with Gasteiger partial charge < -0.3 is 10.4 Å². The molecule has 0 saturated heterocycles. The van der Waals surface area contributed by atoms with Gasteiger partial charge in [-0.25, -0.2) is 0 Å². The molecule has 1 fully saturated rings. The average Bonchev–Trinajstić information content (AvgIpc) is 2.37. The fourth-order valence-corrected chi connectivity index (χ4v) is 2.65. The normalized spacial score (nSPS) is 28.1. The summed E-state index contributed by atoms with van der Waals surface area (Å²) in [6, 6.07) is 1.65. The van der Waals surface area contributed by atoms with Crippen molar-refractivity contribution in [2.24, 2.45) is 5.92 Å². The molecule has 100 valence electrons. The van der Waals surface area contributed by atoms with E-state index in [-0.39, 0.29) is 17.3 Å². The fraction of sp³-hybridized carbons (Fsp3) is 0.667. The SMILES string of the molecule is CC1CCC(CO)(Nc2cc(Cl)nnc2Cl)CC1. The van der Waals surface area contributed by atoms with Crippen molar-refractivity contribution in [2.75, 3.05) is 11.9 Å². The molecule has 0 radical (unpaired) electrons. The van der Waals surface area contributed by atoms with Crippen LogP contribution in [0.4, 0.5) is 5.69 Å². The number of hydrogen-bond acceptors (Lipinski definition) is 4. The molecule has 0 spiro atoms. The number of aliphatic hydroxyl groups excluding tert-OH is 1. The predicted octanol–water partition coefficient (Wildman–Crippen LogP) is 3.14. The minimum atomic E-state index is -0.317. The summed E-state index contributed by atoms with van der Waals surface area (Å²) in [4.78, 5) is 0. The molecule has 0 unspecified atom stereocenters. The summed E-state index contributed by atoms with van der Waals surface area (Å²) in [5.74, 6) is 0.709. The molecule has 1 aromatic heterocycles. The van der Waals surface area contributed by atoms with Gasteiger partial charge in [0, 0.05) is 6.07 Å². The van der Waals surface area contributed by atoms with E-state index in [1.165, 1.54) is 0 Å². The van der Waals surface area contributed by atoms with Crippen molar-refractivity contribution in [3.63, 3.8) is 0 Å². The standard InChI is InChI=1S/C12H17Cl2N3O/c1-8-2-4-12(7-18,5-3-8)15-9-6-10(13)16-17-11(9)14/h6,8,18H,2-5,7H2,1H3,(H,15,16). The maximum absolute atomic E-state index is 9.67. The Morgan fingerprint density at radius 2 is 2.06 bits per heavy atom. The number of anilines is 1. The first-order valence-electron chi connectivity index (χ1n) is 6.12. The maximum Gasteiger partial charge on any atom is 0.174 e. The molecule has 0 bridgehead atoms. The first-order valence-corrected chi connectivity index (χ1v) is 6.88. The van der Waals surface area contributed by atoms with E-state index >= 15 is 0 Å². The van der Waals surface area contributed by atoms with Gasteiger partial charge in [-0.2, -0.15) is 0 Å². The van der Waals surface area contributed by atoms with Crippen molar-refractivity contribution in [3.05, 3.63) is 16.4 Å². The van der Waals surface area contributed by atoms with Crippen LogP contribution in [0.15, 0.2) is 6.07 Å². The van der Waals surface area contributed by atoms with Crippen molar-refractivity contribution >= 4 is 28.9 Å². The molecule has 1 aromatic rings. The smallest absolute Gasteiger partial charge is 0.174 e. The van der Waals surface area contributed by atoms with Gasteiger partial charge in [-0.3, -0.25) is 0 Å². The Morgan fingerprint density at radius 1 is 1.39 bits per heavy atom. The molecular weight excluding hydrogens is 273 g/mol. The fourth-order valence-electron chi connectivity index (χ4n) is 2.36. The summed E-state index contributed by atoms with van der Waals surface area (Å²) in [5, 5.41) is 21.0. The molecule has 0 amide bonds. The summed E-state index contributed by atoms with van der Waals surface area (Å²) >= 11 is 11.8. The molecule has 1 saturated carbocycles. The predicted molar refractivity (Wildman–Crippen MR) is 73.1 cm³/mol. The Hall–Kier alpha value is -0.580.